The van der Waals surface area contributed by atoms with E-state index in [0.717, 1.165) is 0 Å². The first-order chi connectivity index (χ1) is 5.93. The van der Waals surface area contributed by atoms with E-state index < -0.39 is 21.1 Å². The van der Waals surface area contributed by atoms with Gasteiger partial charge in [-0.25, -0.2) is 17.9 Å². The Hall–Kier alpha value is -0.940. The predicted molar refractivity (Wildman–Crippen MR) is 47.9 cm³/mol. The van der Waals surface area contributed by atoms with E-state index in [2.05, 4.69) is 0 Å². The van der Waals surface area contributed by atoms with Gasteiger partial charge in [-0.1, -0.05) is 18.2 Å². The molecule has 72 valence electrons. The van der Waals surface area contributed by atoms with Crippen LogP contribution in [0.15, 0.2) is 24.3 Å². The van der Waals surface area contributed by atoms with E-state index in [1.807, 2.05) is 0 Å². The van der Waals surface area contributed by atoms with Crippen LogP contribution in [0.3, 0.4) is 0 Å². The molecule has 3 nitrogen and oxygen atoms in total. The lowest BCUT2D eigenvalue weighted by Gasteiger charge is -2.09. The van der Waals surface area contributed by atoms with Crippen molar-refractivity contribution >= 4 is 10.0 Å². The number of hydrogen-bond donors (Lipinski definition) is 1. The van der Waals surface area contributed by atoms with E-state index in [4.69, 9.17) is 5.14 Å². The predicted octanol–water partition coefficient (Wildman–Crippen LogP) is 1.18. The van der Waals surface area contributed by atoms with Crippen LogP contribution in [-0.2, 0) is 10.0 Å². The van der Waals surface area contributed by atoms with Gasteiger partial charge in [-0.15, -0.1) is 0 Å². The molecule has 5 heteroatoms. The molecule has 0 saturated heterocycles. The summed E-state index contributed by atoms with van der Waals surface area (Å²) >= 11 is 0. The van der Waals surface area contributed by atoms with Gasteiger partial charge in [0.1, 0.15) is 11.1 Å². The molecular formula is C8H10FNO2S. The number of hydrogen-bond acceptors (Lipinski definition) is 2. The molecule has 13 heavy (non-hydrogen) atoms. The lowest BCUT2D eigenvalue weighted by atomic mass is 10.1. The molecule has 0 bridgehead atoms. The molecule has 0 fully saturated rings. The van der Waals surface area contributed by atoms with E-state index in [0.29, 0.717) is 0 Å². The van der Waals surface area contributed by atoms with Gasteiger partial charge in [0.2, 0.25) is 10.0 Å². The maximum atomic E-state index is 13.1. The fourth-order valence-corrected chi connectivity index (χ4v) is 1.53. The van der Waals surface area contributed by atoms with Crippen molar-refractivity contribution in [3.8, 4) is 0 Å². The second-order valence-electron chi connectivity index (χ2n) is 2.75. The molecule has 0 aliphatic heterocycles. The van der Waals surface area contributed by atoms with E-state index in [1.165, 1.54) is 25.1 Å². The number of nitrogens with two attached hydrogens (primary N) is 1. The maximum absolute atomic E-state index is 13.1. The summed E-state index contributed by atoms with van der Waals surface area (Å²) in [6, 6.07) is 5.68. The van der Waals surface area contributed by atoms with Gasteiger partial charge >= 0.3 is 0 Å². The summed E-state index contributed by atoms with van der Waals surface area (Å²) in [6.45, 7) is 1.35. The van der Waals surface area contributed by atoms with Gasteiger partial charge in [0.15, 0.2) is 0 Å². The Morgan fingerprint density at radius 3 is 2.38 bits per heavy atom. The number of primary sulfonamides is 1. The molecule has 0 saturated carbocycles. The van der Waals surface area contributed by atoms with Crippen LogP contribution >= 0.6 is 0 Å². The lowest BCUT2D eigenvalue weighted by molar-refractivity contribution is 0.575. The van der Waals surface area contributed by atoms with E-state index in [1.54, 1.807) is 6.07 Å². The van der Waals surface area contributed by atoms with Crippen LogP contribution in [0.25, 0.3) is 0 Å². The van der Waals surface area contributed by atoms with E-state index in [-0.39, 0.29) is 5.56 Å². The van der Waals surface area contributed by atoms with Crippen molar-refractivity contribution in [2.45, 2.75) is 12.2 Å². The maximum Gasteiger partial charge on any atom is 0.215 e. The van der Waals surface area contributed by atoms with Crippen LogP contribution < -0.4 is 5.14 Å². The summed E-state index contributed by atoms with van der Waals surface area (Å²) < 4.78 is 34.8. The molecule has 0 unspecified atom stereocenters. The number of benzene rings is 1. The third kappa shape index (κ3) is 2.26. The molecule has 0 spiro atoms. The minimum absolute atomic E-state index is 0.102. The second kappa shape index (κ2) is 3.43. The van der Waals surface area contributed by atoms with Crippen molar-refractivity contribution in [3.63, 3.8) is 0 Å². The van der Waals surface area contributed by atoms with Crippen molar-refractivity contribution < 1.29 is 12.8 Å². The quantitative estimate of drug-likeness (QED) is 0.784. The normalized spacial score (nSPS) is 14.1. The molecule has 0 radical (unpaired) electrons. The zero-order chi connectivity index (χ0) is 10.1. The summed E-state index contributed by atoms with van der Waals surface area (Å²) in [4.78, 5) is 0. The zero-order valence-electron chi connectivity index (χ0n) is 7.07. The van der Waals surface area contributed by atoms with E-state index in [9.17, 15) is 12.8 Å². The van der Waals surface area contributed by atoms with Crippen molar-refractivity contribution in [1.29, 1.82) is 0 Å². The SMILES string of the molecule is C[C@@H](c1ccccc1F)S(N)(=O)=O. The Balaban J connectivity index is 3.17. The number of sulfonamides is 1. The van der Waals surface area contributed by atoms with Crippen molar-refractivity contribution in [2.24, 2.45) is 5.14 Å². The van der Waals surface area contributed by atoms with Gasteiger partial charge in [-0.3, -0.25) is 0 Å². The fourth-order valence-electron chi connectivity index (χ4n) is 0.982. The smallest absolute Gasteiger partial charge is 0.215 e. The average molecular weight is 203 g/mol. The Morgan fingerprint density at radius 2 is 1.92 bits per heavy atom. The first-order valence-electron chi connectivity index (χ1n) is 3.69. The third-order valence-electron chi connectivity index (χ3n) is 1.84. The average Bonchev–Trinajstić information content (AvgIpc) is 2.02. The minimum Gasteiger partial charge on any atom is -0.228 e. The molecule has 1 aromatic carbocycles. The molecule has 0 aliphatic rings. The van der Waals surface area contributed by atoms with Crippen LogP contribution in [-0.4, -0.2) is 8.42 Å². The Labute approximate surface area is 76.4 Å². The van der Waals surface area contributed by atoms with Gasteiger partial charge in [-0.05, 0) is 13.0 Å². The third-order valence-corrected chi connectivity index (χ3v) is 3.08. The molecule has 0 heterocycles. The van der Waals surface area contributed by atoms with Gasteiger partial charge < -0.3 is 0 Å². The Kier molecular flexibility index (Phi) is 2.68. The summed E-state index contributed by atoms with van der Waals surface area (Å²) in [7, 11) is -3.72. The van der Waals surface area contributed by atoms with Gasteiger partial charge in [0, 0.05) is 5.56 Å². The molecular weight excluding hydrogens is 193 g/mol. The van der Waals surface area contributed by atoms with Crippen LogP contribution in [0.1, 0.15) is 17.7 Å². The van der Waals surface area contributed by atoms with Crippen LogP contribution in [0.4, 0.5) is 4.39 Å². The Morgan fingerprint density at radius 1 is 1.38 bits per heavy atom. The lowest BCUT2D eigenvalue weighted by Crippen LogP contribution is -2.20. The summed E-state index contributed by atoms with van der Waals surface area (Å²) in [5.74, 6) is -0.552. The fraction of sp³-hybridized carbons (Fsp3) is 0.250. The van der Waals surface area contributed by atoms with Gasteiger partial charge in [0.05, 0.1) is 0 Å². The number of rotatable bonds is 2. The molecule has 1 aromatic rings. The first kappa shape index (κ1) is 10.1. The summed E-state index contributed by atoms with van der Waals surface area (Å²) in [5.41, 5.74) is 0.102. The van der Waals surface area contributed by atoms with Crippen molar-refractivity contribution in [3.05, 3.63) is 35.6 Å². The first-order valence-corrected chi connectivity index (χ1v) is 5.30. The number of halogens is 1. The van der Waals surface area contributed by atoms with Crippen molar-refractivity contribution in [2.75, 3.05) is 0 Å². The van der Waals surface area contributed by atoms with E-state index >= 15 is 0 Å². The summed E-state index contributed by atoms with van der Waals surface area (Å²) in [6.07, 6.45) is 0. The van der Waals surface area contributed by atoms with Crippen LogP contribution in [0, 0.1) is 5.82 Å². The van der Waals surface area contributed by atoms with Crippen molar-refractivity contribution in [1.82, 2.24) is 0 Å². The van der Waals surface area contributed by atoms with Crippen LogP contribution in [0.5, 0.6) is 0 Å². The standard InChI is InChI=1S/C8H10FNO2S/c1-6(13(10,11)12)7-4-2-3-5-8(7)9/h2-6H,1H3,(H2,10,11,12)/t6-/m0/s1. The van der Waals surface area contributed by atoms with Gasteiger partial charge in [-0.2, -0.15) is 0 Å². The highest BCUT2D eigenvalue weighted by Crippen LogP contribution is 2.21. The highest BCUT2D eigenvalue weighted by atomic mass is 32.2. The monoisotopic (exact) mass is 203 g/mol. The Bertz CT molecular complexity index is 402. The van der Waals surface area contributed by atoms with Crippen LogP contribution in [0.2, 0.25) is 0 Å². The molecule has 1 atom stereocenters. The summed E-state index contributed by atoms with van der Waals surface area (Å²) in [5, 5.41) is 3.88. The minimum atomic E-state index is -3.72. The molecule has 1 rings (SSSR count). The topological polar surface area (TPSA) is 60.2 Å². The highest BCUT2D eigenvalue weighted by molar-refractivity contribution is 7.89. The largest absolute Gasteiger partial charge is 0.228 e. The molecule has 0 amide bonds. The zero-order valence-corrected chi connectivity index (χ0v) is 7.88. The second-order valence-corrected chi connectivity index (χ2v) is 4.64. The van der Waals surface area contributed by atoms with Gasteiger partial charge in [0.25, 0.3) is 0 Å². The highest BCUT2D eigenvalue weighted by Gasteiger charge is 2.20. The molecule has 0 aromatic heterocycles. The molecule has 0 aliphatic carbocycles. The molecule has 2 N–H and O–H groups in total.